The van der Waals surface area contributed by atoms with E-state index in [2.05, 4.69) is 0 Å². The first-order valence-electron chi connectivity index (χ1n) is 8.04. The molecule has 8 heteroatoms. The van der Waals surface area contributed by atoms with Crippen LogP contribution in [0.5, 0.6) is 23.0 Å². The predicted molar refractivity (Wildman–Crippen MR) is 91.1 cm³/mol. The maximum Gasteiger partial charge on any atom is 0.204 e. The summed E-state index contributed by atoms with van der Waals surface area (Å²) in [6, 6.07) is 7.54. The van der Waals surface area contributed by atoms with Crippen LogP contribution in [0.25, 0.3) is 22.1 Å². The lowest BCUT2D eigenvalue weighted by Crippen LogP contribution is -2.28. The molecule has 4 rings (SSSR count). The van der Waals surface area contributed by atoms with E-state index in [0.29, 0.717) is 30.3 Å². The lowest BCUT2D eigenvalue weighted by Gasteiger charge is -2.18. The Morgan fingerprint density at radius 3 is 2.70 bits per heavy atom. The number of ether oxygens (including phenoxy) is 3. The van der Waals surface area contributed by atoms with Gasteiger partial charge in [-0.3, -0.25) is 4.79 Å². The molecule has 8 nitrogen and oxygen atoms in total. The first-order valence-corrected chi connectivity index (χ1v) is 8.04. The quantitative estimate of drug-likeness (QED) is 0.725. The fraction of sp³-hybridized carbons (Fsp3) is 0.158. The number of carbonyl (C=O) groups excluding carboxylic acids is 1. The van der Waals surface area contributed by atoms with Crippen LogP contribution < -0.4 is 24.7 Å². The van der Waals surface area contributed by atoms with Gasteiger partial charge in [0, 0.05) is 12.1 Å². The summed E-state index contributed by atoms with van der Waals surface area (Å²) in [4.78, 5) is 23.3. The van der Waals surface area contributed by atoms with Crippen LogP contribution in [0.3, 0.4) is 0 Å². The second-order valence-electron chi connectivity index (χ2n) is 5.81. The predicted octanol–water partition coefficient (Wildman–Crippen LogP) is 1.07. The first kappa shape index (κ1) is 16.8. The van der Waals surface area contributed by atoms with E-state index in [1.807, 2.05) is 0 Å². The summed E-state index contributed by atoms with van der Waals surface area (Å²) in [5.41, 5.74) is 0.399. The van der Waals surface area contributed by atoms with Crippen molar-refractivity contribution in [2.75, 3.05) is 19.8 Å². The first-order chi connectivity index (χ1) is 13.0. The third kappa shape index (κ3) is 3.12. The van der Waals surface area contributed by atoms with Gasteiger partial charge < -0.3 is 33.6 Å². The highest BCUT2D eigenvalue weighted by Crippen LogP contribution is 2.35. The minimum Gasteiger partial charge on any atom is -0.546 e. The van der Waals surface area contributed by atoms with Crippen molar-refractivity contribution in [2.45, 2.75) is 0 Å². The van der Waals surface area contributed by atoms with Crippen LogP contribution in [0.2, 0.25) is 0 Å². The zero-order chi connectivity index (χ0) is 19.0. The maximum absolute atomic E-state index is 12.9. The van der Waals surface area contributed by atoms with E-state index in [1.54, 1.807) is 18.2 Å². The van der Waals surface area contributed by atoms with E-state index in [9.17, 15) is 19.8 Å². The van der Waals surface area contributed by atoms with Crippen LogP contribution in [-0.2, 0) is 4.79 Å². The number of aliphatic carboxylic acids is 1. The molecule has 0 saturated carbocycles. The van der Waals surface area contributed by atoms with Crippen molar-refractivity contribution in [3.63, 3.8) is 0 Å². The summed E-state index contributed by atoms with van der Waals surface area (Å²) >= 11 is 0. The lowest BCUT2D eigenvalue weighted by molar-refractivity contribution is -0.307. The van der Waals surface area contributed by atoms with Crippen molar-refractivity contribution in [1.82, 2.24) is 0 Å². The van der Waals surface area contributed by atoms with Gasteiger partial charge in [-0.2, -0.15) is 0 Å². The summed E-state index contributed by atoms with van der Waals surface area (Å²) in [7, 11) is 0. The molecule has 0 saturated heterocycles. The Bertz CT molecular complexity index is 1100. The number of fused-ring (bicyclic) bond motifs is 2. The normalized spacial score (nSPS) is 12.7. The molecule has 2 heterocycles. The summed E-state index contributed by atoms with van der Waals surface area (Å²) in [6.07, 6.45) is 1.26. The minimum atomic E-state index is -1.41. The number of phenolic OH excluding ortho intramolecular Hbond substituents is 1. The average molecular weight is 369 g/mol. The largest absolute Gasteiger partial charge is 0.546 e. The monoisotopic (exact) mass is 369 g/mol. The van der Waals surface area contributed by atoms with Gasteiger partial charge in [-0.15, -0.1) is 0 Å². The molecule has 0 spiro atoms. The smallest absolute Gasteiger partial charge is 0.204 e. The number of carboxylic acids is 1. The van der Waals surface area contributed by atoms with E-state index in [1.165, 1.54) is 12.3 Å². The number of carboxylic acid groups (broad SMARTS) is 1. The van der Waals surface area contributed by atoms with Crippen molar-refractivity contribution >= 4 is 16.9 Å². The summed E-state index contributed by atoms with van der Waals surface area (Å²) in [6.45, 7) is 0.184. The van der Waals surface area contributed by atoms with Crippen molar-refractivity contribution in [1.29, 1.82) is 0 Å². The third-order valence-electron chi connectivity index (χ3n) is 4.04. The van der Waals surface area contributed by atoms with Gasteiger partial charge in [0.15, 0.2) is 11.5 Å². The molecule has 1 aliphatic heterocycles. The number of carbonyl (C=O) groups is 1. The molecule has 0 fully saturated rings. The van der Waals surface area contributed by atoms with E-state index in [0.717, 1.165) is 6.07 Å². The van der Waals surface area contributed by atoms with Crippen LogP contribution in [0.1, 0.15) is 0 Å². The highest BCUT2D eigenvalue weighted by molar-refractivity contribution is 5.88. The minimum absolute atomic E-state index is 0.0387. The highest BCUT2D eigenvalue weighted by Gasteiger charge is 2.17. The second-order valence-corrected chi connectivity index (χ2v) is 5.81. The molecule has 0 atom stereocenters. The molecule has 1 N–H and O–H groups in total. The number of hydrogen-bond acceptors (Lipinski definition) is 8. The number of hydrogen-bond donors (Lipinski definition) is 1. The Balaban J connectivity index is 1.78. The van der Waals surface area contributed by atoms with Crippen molar-refractivity contribution in [2.24, 2.45) is 0 Å². The van der Waals surface area contributed by atoms with Gasteiger partial charge in [-0.25, -0.2) is 0 Å². The molecule has 0 aliphatic carbocycles. The second kappa shape index (κ2) is 6.56. The molecule has 3 aromatic rings. The van der Waals surface area contributed by atoms with E-state index in [-0.39, 0.29) is 28.0 Å². The summed E-state index contributed by atoms with van der Waals surface area (Å²) in [5.74, 6) is -0.639. The summed E-state index contributed by atoms with van der Waals surface area (Å²) < 4.78 is 21.4. The van der Waals surface area contributed by atoms with Gasteiger partial charge in [-0.1, -0.05) is 6.07 Å². The maximum atomic E-state index is 12.9. The Morgan fingerprint density at radius 1 is 1.15 bits per heavy atom. The molecule has 0 unspecified atom stereocenters. The summed E-state index contributed by atoms with van der Waals surface area (Å²) in [5, 5.41) is 20.7. The van der Waals surface area contributed by atoms with E-state index >= 15 is 0 Å². The van der Waals surface area contributed by atoms with Gasteiger partial charge in [-0.05, 0) is 17.7 Å². The third-order valence-corrected chi connectivity index (χ3v) is 4.04. The fourth-order valence-corrected chi connectivity index (χ4v) is 2.84. The van der Waals surface area contributed by atoms with Gasteiger partial charge >= 0.3 is 0 Å². The fourth-order valence-electron chi connectivity index (χ4n) is 2.84. The molecular weight excluding hydrogens is 356 g/mol. The Kier molecular flexibility index (Phi) is 4.08. The molecule has 138 valence electrons. The van der Waals surface area contributed by atoms with Crippen LogP contribution in [0, 0.1) is 0 Å². The van der Waals surface area contributed by atoms with Gasteiger partial charge in [0.05, 0.1) is 11.5 Å². The molecular formula is C19H13O8-. The SMILES string of the molecule is O=C([O-])COc1cc(O)c2c(=O)c(-c3ccc4c(c3)OCCO4)coc2c1. The van der Waals surface area contributed by atoms with E-state index in [4.69, 9.17) is 18.6 Å². The molecule has 2 aromatic carbocycles. The van der Waals surface area contributed by atoms with Crippen molar-refractivity contribution in [3.05, 3.63) is 46.8 Å². The molecule has 27 heavy (non-hydrogen) atoms. The average Bonchev–Trinajstić information content (AvgIpc) is 2.66. The Morgan fingerprint density at radius 2 is 1.93 bits per heavy atom. The number of benzene rings is 2. The Hall–Kier alpha value is -3.68. The van der Waals surface area contributed by atoms with Crippen molar-refractivity contribution < 1.29 is 33.6 Å². The Labute approximate surface area is 152 Å². The van der Waals surface area contributed by atoms with Crippen molar-refractivity contribution in [3.8, 4) is 34.1 Å². The zero-order valence-electron chi connectivity index (χ0n) is 13.9. The topological polar surface area (TPSA) is 118 Å². The molecule has 1 aliphatic rings. The van der Waals surface area contributed by atoms with Gasteiger partial charge in [0.1, 0.15) is 48.6 Å². The lowest BCUT2D eigenvalue weighted by atomic mass is 10.0. The van der Waals surface area contributed by atoms with Gasteiger partial charge in [0.25, 0.3) is 0 Å². The van der Waals surface area contributed by atoms with Crippen LogP contribution in [0.4, 0.5) is 0 Å². The number of rotatable bonds is 4. The molecule has 0 radical (unpaired) electrons. The number of phenols is 1. The number of aromatic hydroxyl groups is 1. The van der Waals surface area contributed by atoms with Crippen LogP contribution in [-0.4, -0.2) is 30.9 Å². The molecule has 0 bridgehead atoms. The highest BCUT2D eigenvalue weighted by atomic mass is 16.6. The zero-order valence-corrected chi connectivity index (χ0v) is 13.9. The van der Waals surface area contributed by atoms with Crippen LogP contribution in [0.15, 0.2) is 45.8 Å². The van der Waals surface area contributed by atoms with Crippen LogP contribution >= 0.6 is 0 Å². The molecule has 0 amide bonds. The van der Waals surface area contributed by atoms with E-state index < -0.39 is 18.0 Å². The standard InChI is InChI=1S/C19H14O8/c20-13-6-11(26-9-17(21)22)7-16-18(13)19(23)12(8-27-16)10-1-2-14-15(5-10)25-4-3-24-14/h1-2,5-8,20H,3-4,9H2,(H,21,22)/p-1. The molecule has 1 aromatic heterocycles. The van der Waals surface area contributed by atoms with Gasteiger partial charge in [0.2, 0.25) is 5.43 Å².